The lowest BCUT2D eigenvalue weighted by Gasteiger charge is -2.23. The van der Waals surface area contributed by atoms with Crippen molar-refractivity contribution in [2.75, 3.05) is 13.2 Å². The van der Waals surface area contributed by atoms with Gasteiger partial charge in [-0.05, 0) is 60.1 Å². The SMILES string of the molecule is CCNC(=NCc1ccc(C)cc1OC(C)(C)C)NCc1nc(C(C)OCC)no1. The number of guanidine groups is 1. The Bertz CT molecular complexity index is 826. The molecule has 1 aromatic heterocycles. The van der Waals surface area contributed by atoms with Gasteiger partial charge in [0.1, 0.15) is 17.5 Å². The van der Waals surface area contributed by atoms with Crippen LogP contribution in [0.2, 0.25) is 0 Å². The summed E-state index contributed by atoms with van der Waals surface area (Å²) in [7, 11) is 0. The predicted octanol–water partition coefficient (Wildman–Crippen LogP) is 3.91. The van der Waals surface area contributed by atoms with Crippen LogP contribution in [0.5, 0.6) is 5.75 Å². The maximum absolute atomic E-state index is 6.13. The van der Waals surface area contributed by atoms with E-state index < -0.39 is 0 Å². The number of benzene rings is 1. The van der Waals surface area contributed by atoms with Gasteiger partial charge in [-0.25, -0.2) is 4.99 Å². The standard InChI is InChI=1S/C22H35N5O3/c1-8-23-21(25-14-19-26-20(27-30-19)16(4)28-9-2)24-13-17-11-10-15(3)12-18(17)29-22(5,6)7/h10-12,16H,8-9,13-14H2,1-7H3,(H2,23,24,25). The van der Waals surface area contributed by atoms with Gasteiger partial charge in [0.05, 0.1) is 13.1 Å². The van der Waals surface area contributed by atoms with Crippen LogP contribution in [0.4, 0.5) is 0 Å². The van der Waals surface area contributed by atoms with E-state index in [0.717, 1.165) is 23.4 Å². The molecule has 0 aliphatic rings. The van der Waals surface area contributed by atoms with Crippen LogP contribution in [0.3, 0.4) is 0 Å². The molecular weight excluding hydrogens is 382 g/mol. The van der Waals surface area contributed by atoms with Crippen LogP contribution in [0.15, 0.2) is 27.7 Å². The molecule has 0 fully saturated rings. The fourth-order valence-corrected chi connectivity index (χ4v) is 2.71. The van der Waals surface area contributed by atoms with Crippen molar-refractivity contribution in [2.45, 2.75) is 73.3 Å². The van der Waals surface area contributed by atoms with Gasteiger partial charge in [0.15, 0.2) is 11.8 Å². The number of aryl methyl sites for hydroxylation is 1. The van der Waals surface area contributed by atoms with Crippen molar-refractivity contribution < 1.29 is 14.0 Å². The molecule has 2 N–H and O–H groups in total. The van der Waals surface area contributed by atoms with Crippen molar-refractivity contribution in [1.82, 2.24) is 20.8 Å². The lowest BCUT2D eigenvalue weighted by molar-refractivity contribution is 0.0683. The number of nitrogens with zero attached hydrogens (tertiary/aromatic N) is 3. The predicted molar refractivity (Wildman–Crippen MR) is 118 cm³/mol. The molecule has 8 nitrogen and oxygen atoms in total. The third-order valence-corrected chi connectivity index (χ3v) is 4.06. The summed E-state index contributed by atoms with van der Waals surface area (Å²) in [6.45, 7) is 16.2. The Morgan fingerprint density at radius 1 is 1.23 bits per heavy atom. The Balaban J connectivity index is 2.06. The average molecular weight is 418 g/mol. The van der Waals surface area contributed by atoms with E-state index in [9.17, 15) is 0 Å². The van der Waals surface area contributed by atoms with Crippen LogP contribution in [0.1, 0.15) is 70.5 Å². The minimum Gasteiger partial charge on any atom is -0.488 e. The zero-order chi connectivity index (χ0) is 22.1. The van der Waals surface area contributed by atoms with Crippen molar-refractivity contribution >= 4 is 5.96 Å². The molecule has 0 aliphatic carbocycles. The number of aliphatic imine (C=N–C) groups is 1. The summed E-state index contributed by atoms with van der Waals surface area (Å²) in [5, 5.41) is 10.4. The highest BCUT2D eigenvalue weighted by molar-refractivity contribution is 5.79. The number of nitrogens with one attached hydrogen (secondary N) is 2. The molecule has 0 aliphatic heterocycles. The van der Waals surface area contributed by atoms with Gasteiger partial charge in [-0.3, -0.25) is 0 Å². The Labute approximate surface area is 179 Å². The monoisotopic (exact) mass is 417 g/mol. The largest absolute Gasteiger partial charge is 0.488 e. The number of ether oxygens (including phenoxy) is 2. The van der Waals surface area contributed by atoms with Gasteiger partial charge in [0, 0.05) is 18.7 Å². The zero-order valence-corrected chi connectivity index (χ0v) is 19.2. The first-order valence-corrected chi connectivity index (χ1v) is 10.5. The maximum Gasteiger partial charge on any atom is 0.246 e. The van der Waals surface area contributed by atoms with Gasteiger partial charge in [0.25, 0.3) is 0 Å². The number of hydrogen-bond acceptors (Lipinski definition) is 6. The topological polar surface area (TPSA) is 93.8 Å². The van der Waals surface area contributed by atoms with E-state index in [1.54, 1.807) is 0 Å². The van der Waals surface area contributed by atoms with Crippen molar-refractivity contribution in [3.05, 3.63) is 41.0 Å². The molecule has 8 heteroatoms. The molecule has 1 aromatic carbocycles. The van der Waals surface area contributed by atoms with Gasteiger partial charge in [-0.15, -0.1) is 0 Å². The fraction of sp³-hybridized carbons (Fsp3) is 0.591. The molecule has 0 saturated carbocycles. The Kier molecular flexibility index (Phi) is 8.65. The third kappa shape index (κ3) is 7.67. The molecule has 1 unspecified atom stereocenters. The van der Waals surface area contributed by atoms with Gasteiger partial charge >= 0.3 is 0 Å². The van der Waals surface area contributed by atoms with Crippen LogP contribution in [0, 0.1) is 6.92 Å². The highest BCUT2D eigenvalue weighted by Crippen LogP contribution is 2.25. The summed E-state index contributed by atoms with van der Waals surface area (Å²) in [4.78, 5) is 9.07. The smallest absolute Gasteiger partial charge is 0.246 e. The second kappa shape index (κ2) is 11.0. The zero-order valence-electron chi connectivity index (χ0n) is 19.2. The molecule has 166 valence electrons. The second-order valence-electron chi connectivity index (χ2n) is 8.02. The third-order valence-electron chi connectivity index (χ3n) is 4.06. The Morgan fingerprint density at radius 2 is 2.00 bits per heavy atom. The van der Waals surface area contributed by atoms with E-state index in [1.807, 2.05) is 41.5 Å². The number of rotatable bonds is 9. The molecule has 1 heterocycles. The molecule has 0 saturated heterocycles. The van der Waals surface area contributed by atoms with E-state index >= 15 is 0 Å². The van der Waals surface area contributed by atoms with Crippen molar-refractivity contribution in [3.63, 3.8) is 0 Å². The quantitative estimate of drug-likeness (QED) is 0.472. The molecule has 30 heavy (non-hydrogen) atoms. The van der Waals surface area contributed by atoms with Crippen LogP contribution < -0.4 is 15.4 Å². The summed E-state index contributed by atoms with van der Waals surface area (Å²) in [5.41, 5.74) is 1.90. The van der Waals surface area contributed by atoms with E-state index in [0.29, 0.717) is 37.4 Å². The minimum absolute atomic E-state index is 0.197. The number of hydrogen-bond donors (Lipinski definition) is 2. The van der Waals surface area contributed by atoms with E-state index in [2.05, 4.69) is 45.9 Å². The molecular formula is C22H35N5O3. The molecule has 1 atom stereocenters. The van der Waals surface area contributed by atoms with Crippen molar-refractivity contribution in [2.24, 2.45) is 4.99 Å². The fourth-order valence-electron chi connectivity index (χ4n) is 2.71. The summed E-state index contributed by atoms with van der Waals surface area (Å²) in [6, 6.07) is 6.18. The van der Waals surface area contributed by atoms with E-state index in [4.69, 9.17) is 19.0 Å². The highest BCUT2D eigenvalue weighted by atomic mass is 16.5. The first kappa shape index (κ1) is 23.7. The summed E-state index contributed by atoms with van der Waals surface area (Å²) in [5.74, 6) is 2.54. The molecule has 0 amide bonds. The van der Waals surface area contributed by atoms with E-state index in [-0.39, 0.29) is 11.7 Å². The summed E-state index contributed by atoms with van der Waals surface area (Å²) < 4.78 is 16.9. The molecule has 0 bridgehead atoms. The van der Waals surface area contributed by atoms with Gasteiger partial charge in [0.2, 0.25) is 5.89 Å². The van der Waals surface area contributed by atoms with Crippen LogP contribution >= 0.6 is 0 Å². The van der Waals surface area contributed by atoms with Crippen molar-refractivity contribution in [1.29, 1.82) is 0 Å². The van der Waals surface area contributed by atoms with Crippen LogP contribution in [-0.2, 0) is 17.8 Å². The highest BCUT2D eigenvalue weighted by Gasteiger charge is 2.16. The van der Waals surface area contributed by atoms with Gasteiger partial charge < -0.3 is 24.6 Å². The first-order chi connectivity index (χ1) is 14.2. The lowest BCUT2D eigenvalue weighted by atomic mass is 10.1. The second-order valence-corrected chi connectivity index (χ2v) is 8.02. The van der Waals surface area contributed by atoms with Crippen LogP contribution in [-0.4, -0.2) is 34.9 Å². The summed E-state index contributed by atoms with van der Waals surface area (Å²) >= 11 is 0. The maximum atomic E-state index is 6.13. The van der Waals surface area contributed by atoms with Gasteiger partial charge in [-0.2, -0.15) is 4.98 Å². The molecule has 2 rings (SSSR count). The number of aromatic nitrogens is 2. The molecule has 0 spiro atoms. The molecule has 0 radical (unpaired) electrons. The molecule has 2 aromatic rings. The summed E-state index contributed by atoms with van der Waals surface area (Å²) in [6.07, 6.45) is -0.197. The Hall–Kier alpha value is -2.61. The Morgan fingerprint density at radius 3 is 2.67 bits per heavy atom. The van der Waals surface area contributed by atoms with Gasteiger partial charge in [-0.1, -0.05) is 17.3 Å². The first-order valence-electron chi connectivity index (χ1n) is 10.5. The van der Waals surface area contributed by atoms with E-state index in [1.165, 1.54) is 0 Å². The van der Waals surface area contributed by atoms with Crippen molar-refractivity contribution in [3.8, 4) is 5.75 Å². The normalized spacial score (nSPS) is 13.2. The minimum atomic E-state index is -0.275. The average Bonchev–Trinajstić information content (AvgIpc) is 3.13. The lowest BCUT2D eigenvalue weighted by Crippen LogP contribution is -2.36. The van der Waals surface area contributed by atoms with Crippen LogP contribution in [0.25, 0.3) is 0 Å².